The van der Waals surface area contributed by atoms with Crippen LogP contribution >= 0.6 is 0 Å². The Bertz CT molecular complexity index is 1020. The second kappa shape index (κ2) is 6.95. The van der Waals surface area contributed by atoms with Gasteiger partial charge in [-0.3, -0.25) is 19.8 Å². The molecule has 7 heteroatoms. The van der Waals surface area contributed by atoms with Crippen LogP contribution in [0.15, 0.2) is 54.6 Å². The van der Waals surface area contributed by atoms with Crippen LogP contribution < -0.4 is 15.1 Å². The predicted octanol–water partition coefficient (Wildman–Crippen LogP) is 0.211. The van der Waals surface area contributed by atoms with Crippen molar-refractivity contribution in [2.24, 2.45) is 5.41 Å². The third-order valence-electron chi connectivity index (χ3n) is 6.72. The summed E-state index contributed by atoms with van der Waals surface area (Å²) in [5.74, 6) is -0.861. The molecule has 5 rings (SSSR count). The maximum absolute atomic E-state index is 13.9. The molecule has 2 N–H and O–H groups in total. The van der Waals surface area contributed by atoms with Gasteiger partial charge in [0.2, 0.25) is 11.8 Å². The molecule has 30 heavy (non-hydrogen) atoms. The van der Waals surface area contributed by atoms with Gasteiger partial charge in [-0.15, -0.1) is 0 Å². The van der Waals surface area contributed by atoms with E-state index in [4.69, 9.17) is 0 Å². The Morgan fingerprint density at radius 1 is 1.07 bits per heavy atom. The molecule has 0 radical (unpaired) electrons. The first kappa shape index (κ1) is 18.8. The van der Waals surface area contributed by atoms with Crippen molar-refractivity contribution in [1.29, 1.82) is 0 Å². The van der Waals surface area contributed by atoms with Crippen molar-refractivity contribution >= 4 is 23.5 Å². The summed E-state index contributed by atoms with van der Waals surface area (Å²) in [6.07, 6.45) is 0.306. The summed E-state index contributed by atoms with van der Waals surface area (Å²) in [5.41, 5.74) is 1.61. The van der Waals surface area contributed by atoms with Crippen molar-refractivity contribution < 1.29 is 19.3 Å². The molecule has 0 bridgehead atoms. The Morgan fingerprint density at radius 3 is 2.60 bits per heavy atom. The van der Waals surface area contributed by atoms with Gasteiger partial charge in [-0.25, -0.2) is 4.79 Å². The molecule has 3 aliphatic rings. The van der Waals surface area contributed by atoms with Crippen molar-refractivity contribution in [2.45, 2.75) is 19.0 Å². The Morgan fingerprint density at radius 2 is 1.80 bits per heavy atom. The van der Waals surface area contributed by atoms with Gasteiger partial charge in [0.1, 0.15) is 6.04 Å². The molecule has 3 heterocycles. The van der Waals surface area contributed by atoms with E-state index in [-0.39, 0.29) is 18.5 Å². The molecule has 4 amide bonds. The second-order valence-corrected chi connectivity index (χ2v) is 8.53. The van der Waals surface area contributed by atoms with Gasteiger partial charge in [0.15, 0.2) is 5.41 Å². The van der Waals surface area contributed by atoms with Crippen molar-refractivity contribution in [2.75, 3.05) is 31.6 Å². The molecule has 0 saturated carbocycles. The lowest BCUT2D eigenvalue weighted by Gasteiger charge is -2.53. The fourth-order valence-electron chi connectivity index (χ4n) is 5.16. The zero-order chi connectivity index (χ0) is 20.9. The van der Waals surface area contributed by atoms with E-state index in [9.17, 15) is 14.4 Å². The number of fused-ring (bicyclic) bond motifs is 4. The van der Waals surface area contributed by atoms with Crippen LogP contribution in [0.3, 0.4) is 0 Å². The lowest BCUT2D eigenvalue weighted by Crippen LogP contribution is -3.14. The molecule has 2 saturated heterocycles. The van der Waals surface area contributed by atoms with Crippen LogP contribution in [0.25, 0.3) is 0 Å². The minimum atomic E-state index is -1.31. The Labute approximate surface area is 175 Å². The van der Waals surface area contributed by atoms with Gasteiger partial charge in [0.05, 0.1) is 33.2 Å². The van der Waals surface area contributed by atoms with Crippen LogP contribution in [0.1, 0.15) is 11.1 Å². The summed E-state index contributed by atoms with van der Waals surface area (Å²) in [5, 5.41) is 2.51. The summed E-state index contributed by atoms with van der Waals surface area (Å²) in [6.45, 7) is 2.52. The topological polar surface area (TPSA) is 74.2 Å². The number of quaternary nitrogens is 1. The number of rotatable bonds is 2. The molecule has 1 unspecified atom stereocenters. The SMILES string of the molecule is C[NH+]1CCN2c3ccccc3C[C@]3(C(=O)NC(=O)N(Cc4ccccc4)C3=O)[C@@H]2C1. The summed E-state index contributed by atoms with van der Waals surface area (Å²) in [4.78, 5) is 44.6. The van der Waals surface area contributed by atoms with Crippen LogP contribution in [0.5, 0.6) is 0 Å². The molecular weight excluding hydrogens is 380 g/mol. The number of nitrogens with zero attached hydrogens (tertiary/aromatic N) is 2. The lowest BCUT2D eigenvalue weighted by molar-refractivity contribution is -0.883. The highest BCUT2D eigenvalue weighted by Crippen LogP contribution is 2.44. The molecule has 0 aromatic heterocycles. The summed E-state index contributed by atoms with van der Waals surface area (Å²) < 4.78 is 0. The number of amides is 4. The smallest absolute Gasteiger partial charge is 0.331 e. The van der Waals surface area contributed by atoms with E-state index < -0.39 is 17.4 Å². The highest BCUT2D eigenvalue weighted by Gasteiger charge is 2.63. The monoisotopic (exact) mass is 405 g/mol. The van der Waals surface area contributed by atoms with E-state index in [1.165, 1.54) is 9.80 Å². The van der Waals surface area contributed by atoms with Gasteiger partial charge in [0, 0.05) is 12.1 Å². The number of hydrogen-bond donors (Lipinski definition) is 2. The van der Waals surface area contributed by atoms with Gasteiger partial charge in [0.25, 0.3) is 0 Å². The zero-order valence-electron chi connectivity index (χ0n) is 16.9. The second-order valence-electron chi connectivity index (χ2n) is 8.53. The van der Waals surface area contributed by atoms with Crippen LogP contribution in [0, 0.1) is 5.41 Å². The van der Waals surface area contributed by atoms with Crippen LogP contribution in [0.4, 0.5) is 10.5 Å². The Kier molecular flexibility index (Phi) is 4.36. The molecule has 1 spiro atoms. The number of carbonyl (C=O) groups excluding carboxylic acids is 3. The number of hydrogen-bond acceptors (Lipinski definition) is 4. The number of carbonyl (C=O) groups is 3. The van der Waals surface area contributed by atoms with Gasteiger partial charge in [-0.2, -0.15) is 0 Å². The molecule has 154 valence electrons. The molecule has 3 atom stereocenters. The molecule has 2 aromatic rings. The quantitative estimate of drug-likeness (QED) is 0.701. The molecule has 0 aliphatic carbocycles. The third kappa shape index (κ3) is 2.73. The number of urea groups is 1. The molecule has 7 nitrogen and oxygen atoms in total. The van der Waals surface area contributed by atoms with E-state index in [2.05, 4.69) is 23.3 Å². The van der Waals surface area contributed by atoms with Crippen molar-refractivity contribution in [3.05, 3.63) is 65.7 Å². The minimum Gasteiger partial charge on any atom is -0.355 e. The van der Waals surface area contributed by atoms with Crippen LogP contribution in [-0.2, 0) is 22.6 Å². The number of imide groups is 2. The normalized spacial score (nSPS) is 28.2. The number of anilines is 1. The maximum atomic E-state index is 13.9. The van der Waals surface area contributed by atoms with E-state index >= 15 is 0 Å². The van der Waals surface area contributed by atoms with Crippen LogP contribution in [-0.4, -0.2) is 55.5 Å². The third-order valence-corrected chi connectivity index (χ3v) is 6.72. The van der Waals surface area contributed by atoms with Crippen molar-refractivity contribution in [1.82, 2.24) is 10.2 Å². The number of likely N-dealkylation sites (N-methyl/N-ethyl adjacent to an activating group) is 1. The van der Waals surface area contributed by atoms with Crippen molar-refractivity contribution in [3.8, 4) is 0 Å². The number of barbiturate groups is 1. The largest absolute Gasteiger partial charge is 0.355 e. The lowest BCUT2D eigenvalue weighted by atomic mass is 9.67. The van der Waals surface area contributed by atoms with Crippen LogP contribution in [0.2, 0.25) is 0 Å². The summed E-state index contributed by atoms with van der Waals surface area (Å²) in [7, 11) is 2.09. The van der Waals surface area contributed by atoms with Crippen molar-refractivity contribution in [3.63, 3.8) is 0 Å². The highest BCUT2D eigenvalue weighted by atomic mass is 16.2. The maximum Gasteiger partial charge on any atom is 0.331 e. The summed E-state index contributed by atoms with van der Waals surface area (Å²) in [6, 6.07) is 16.4. The number of piperazine rings is 1. The average molecular weight is 405 g/mol. The fraction of sp³-hybridized carbons (Fsp3) is 0.348. The fourth-order valence-corrected chi connectivity index (χ4v) is 5.16. The first-order chi connectivity index (χ1) is 14.5. The minimum absolute atomic E-state index is 0.150. The van der Waals surface area contributed by atoms with E-state index in [1.807, 2.05) is 48.5 Å². The average Bonchev–Trinajstić information content (AvgIpc) is 2.76. The number of para-hydroxylation sites is 1. The number of nitrogens with one attached hydrogen (secondary N) is 2. The van der Waals surface area contributed by atoms with Gasteiger partial charge < -0.3 is 9.80 Å². The predicted molar refractivity (Wildman–Crippen MR) is 111 cm³/mol. The summed E-state index contributed by atoms with van der Waals surface area (Å²) >= 11 is 0. The van der Waals surface area contributed by atoms with E-state index in [0.717, 1.165) is 29.9 Å². The van der Waals surface area contributed by atoms with Gasteiger partial charge in [-0.05, 0) is 17.2 Å². The Hall–Kier alpha value is -3.19. The van der Waals surface area contributed by atoms with Gasteiger partial charge in [-0.1, -0.05) is 48.5 Å². The Balaban J connectivity index is 1.60. The molecule has 2 aromatic carbocycles. The number of benzene rings is 2. The van der Waals surface area contributed by atoms with E-state index in [0.29, 0.717) is 13.0 Å². The molecule has 3 aliphatic heterocycles. The van der Waals surface area contributed by atoms with Gasteiger partial charge >= 0.3 is 6.03 Å². The zero-order valence-corrected chi connectivity index (χ0v) is 16.9. The first-order valence-electron chi connectivity index (χ1n) is 10.4. The first-order valence-corrected chi connectivity index (χ1v) is 10.4. The standard InChI is InChI=1S/C23H24N4O3/c1-25-11-12-26-18-10-6-5-9-17(18)13-23(19(26)15-25)20(28)24-22(30)27(21(23)29)14-16-7-3-2-4-8-16/h2-10,19H,11-15H2,1H3,(H,24,28,30)/p+1/t19-,23+/m0/s1. The highest BCUT2D eigenvalue weighted by molar-refractivity contribution is 6.20. The van der Waals surface area contributed by atoms with E-state index in [1.54, 1.807) is 0 Å². The molecular formula is C23H25N4O3+. The molecule has 2 fully saturated rings.